The molecule has 3 aromatic carbocycles. The molecule has 0 radical (unpaired) electrons. The third-order valence-corrected chi connectivity index (χ3v) is 7.22. The van der Waals surface area contributed by atoms with Gasteiger partial charge in [-0.15, -0.1) is 0 Å². The normalized spacial score (nSPS) is 12.2. The number of amides is 1. The topological polar surface area (TPSA) is 151 Å². The van der Waals surface area contributed by atoms with Crippen LogP contribution in [-0.2, 0) is 22.6 Å². The number of aliphatic carboxylic acids is 1. The van der Waals surface area contributed by atoms with E-state index in [2.05, 4.69) is 26.4 Å². The molecule has 1 amide bonds. The summed E-state index contributed by atoms with van der Waals surface area (Å²) in [5, 5.41) is 12.2. The summed E-state index contributed by atoms with van der Waals surface area (Å²) in [6.45, 7) is 2.92. The number of unbranched alkanes of at least 4 members (excludes halogenated alkanes) is 4. The number of carboxylic acid groups (broad SMARTS) is 1. The first kappa shape index (κ1) is 32.3. The Kier molecular flexibility index (Phi) is 12.0. The number of nitrogens with one attached hydrogen (secondary N) is 1. The van der Waals surface area contributed by atoms with Crippen molar-refractivity contribution >= 4 is 23.2 Å². The number of carboxylic acids is 1. The van der Waals surface area contributed by atoms with E-state index in [1.165, 1.54) is 49.9 Å². The average molecular weight is 617 g/mol. The van der Waals surface area contributed by atoms with Crippen LogP contribution in [0.15, 0.2) is 85.2 Å². The van der Waals surface area contributed by atoms with Crippen LogP contribution in [0.5, 0.6) is 11.5 Å². The third kappa shape index (κ3) is 9.72. The number of carbonyl (C=O) groups excluding carboxylic acids is 1. The van der Waals surface area contributed by atoms with Crippen LogP contribution in [0.4, 0.5) is 0 Å². The molecule has 0 fully saturated rings. The highest BCUT2D eigenvalue weighted by molar-refractivity contribution is 7.74. The number of carbonyl (C=O) groups is 2. The molecule has 0 saturated heterocycles. The van der Waals surface area contributed by atoms with Gasteiger partial charge in [0.25, 0.3) is 5.91 Å². The van der Waals surface area contributed by atoms with E-state index >= 15 is 0 Å². The minimum absolute atomic E-state index is 0.0335. The van der Waals surface area contributed by atoms with Gasteiger partial charge in [0.05, 0.1) is 6.61 Å². The highest BCUT2D eigenvalue weighted by Crippen LogP contribution is 2.24. The van der Waals surface area contributed by atoms with Crippen molar-refractivity contribution in [2.75, 3.05) is 6.61 Å². The summed E-state index contributed by atoms with van der Waals surface area (Å²) in [6, 6.07) is 19.1. The fourth-order valence-corrected chi connectivity index (χ4v) is 4.74. The number of hydrogen-bond donors (Lipinski definition) is 2. The van der Waals surface area contributed by atoms with Gasteiger partial charge in [0.15, 0.2) is 5.82 Å². The number of hydrogen-bond acceptors (Lipinski definition) is 8. The summed E-state index contributed by atoms with van der Waals surface area (Å²) in [5.74, 6) is -0.402. The van der Waals surface area contributed by atoms with E-state index in [4.69, 9.17) is 4.74 Å². The van der Waals surface area contributed by atoms with E-state index in [9.17, 15) is 23.5 Å². The first-order valence-corrected chi connectivity index (χ1v) is 15.4. The maximum atomic E-state index is 12.6. The largest absolute Gasteiger partial charge is 0.740 e. The molecule has 0 bridgehead atoms. The van der Waals surface area contributed by atoms with Crippen molar-refractivity contribution in [3.63, 3.8) is 0 Å². The molecule has 10 nitrogen and oxygen atoms in total. The molecule has 44 heavy (non-hydrogen) atoms. The van der Waals surface area contributed by atoms with Gasteiger partial charge in [-0.1, -0.05) is 69.0 Å². The maximum Gasteiger partial charge on any atom is 0.326 e. The fourth-order valence-electron chi connectivity index (χ4n) is 4.47. The molecule has 1 aromatic heterocycles. The van der Waals surface area contributed by atoms with Crippen molar-refractivity contribution < 1.29 is 32.4 Å². The molecule has 0 aliphatic heterocycles. The van der Waals surface area contributed by atoms with Crippen molar-refractivity contribution in [3.8, 4) is 34.0 Å². The Balaban J connectivity index is 1.31. The molecule has 4 aromatic rings. The molecule has 0 saturated carbocycles. The molecular formula is C33H34N3O7S-. The van der Waals surface area contributed by atoms with Crippen LogP contribution in [0, 0.1) is 0 Å². The molecule has 4 rings (SSSR count). The summed E-state index contributed by atoms with van der Waals surface area (Å²) < 4.78 is 31.6. The van der Waals surface area contributed by atoms with Gasteiger partial charge in [-0.05, 0) is 53.9 Å². The van der Waals surface area contributed by atoms with Gasteiger partial charge in [-0.2, -0.15) is 0 Å². The highest BCUT2D eigenvalue weighted by atomic mass is 32.2. The minimum atomic E-state index is -2.74. The predicted molar refractivity (Wildman–Crippen MR) is 166 cm³/mol. The quantitative estimate of drug-likeness (QED) is 0.118. The van der Waals surface area contributed by atoms with E-state index in [-0.39, 0.29) is 17.7 Å². The van der Waals surface area contributed by atoms with E-state index in [1.54, 1.807) is 36.7 Å². The van der Waals surface area contributed by atoms with Crippen LogP contribution in [-0.4, -0.2) is 48.4 Å². The van der Waals surface area contributed by atoms with E-state index in [0.717, 1.165) is 28.9 Å². The summed E-state index contributed by atoms with van der Waals surface area (Å²) in [5.41, 5.74) is 3.48. The molecule has 230 valence electrons. The van der Waals surface area contributed by atoms with Gasteiger partial charge in [-0.3, -0.25) is 4.79 Å². The number of benzene rings is 3. The second-order valence-corrected chi connectivity index (χ2v) is 10.7. The lowest BCUT2D eigenvalue weighted by Gasteiger charge is -2.15. The molecule has 2 atom stereocenters. The van der Waals surface area contributed by atoms with Crippen LogP contribution in [0.2, 0.25) is 0 Å². The Morgan fingerprint density at radius 1 is 0.841 bits per heavy atom. The van der Waals surface area contributed by atoms with Gasteiger partial charge >= 0.3 is 5.97 Å². The monoisotopic (exact) mass is 616 g/mol. The van der Waals surface area contributed by atoms with Gasteiger partial charge in [0.2, 0.25) is 0 Å². The molecule has 11 heteroatoms. The zero-order valence-corrected chi connectivity index (χ0v) is 25.1. The first-order valence-electron chi connectivity index (χ1n) is 14.4. The number of nitrogens with zero attached hydrogens (tertiary/aromatic N) is 2. The summed E-state index contributed by atoms with van der Waals surface area (Å²) in [4.78, 5) is 33.5. The van der Waals surface area contributed by atoms with Crippen LogP contribution in [0.3, 0.4) is 0 Å². The van der Waals surface area contributed by atoms with Crippen LogP contribution in [0.25, 0.3) is 22.5 Å². The Morgan fingerprint density at radius 2 is 1.45 bits per heavy atom. The molecule has 0 spiro atoms. The Labute approximate surface area is 259 Å². The lowest BCUT2D eigenvalue weighted by atomic mass is 10.0. The summed E-state index contributed by atoms with van der Waals surface area (Å²) in [6.07, 6.45) is 9.55. The summed E-state index contributed by atoms with van der Waals surface area (Å²) >= 11 is -2.74. The van der Waals surface area contributed by atoms with Crippen LogP contribution in [0.1, 0.15) is 54.9 Å². The Morgan fingerprint density at radius 3 is 2.07 bits per heavy atom. The van der Waals surface area contributed by atoms with Crippen LogP contribution < -0.4 is 14.2 Å². The van der Waals surface area contributed by atoms with Crippen LogP contribution >= 0.6 is 0 Å². The van der Waals surface area contributed by atoms with Crippen molar-refractivity contribution in [3.05, 3.63) is 96.3 Å². The molecular weight excluding hydrogens is 582 g/mol. The Bertz CT molecular complexity index is 1530. The molecule has 1 heterocycles. The van der Waals surface area contributed by atoms with Crippen molar-refractivity contribution in [1.82, 2.24) is 15.3 Å². The zero-order chi connectivity index (χ0) is 31.3. The number of rotatable bonds is 16. The molecule has 0 aliphatic carbocycles. The average Bonchev–Trinajstić information content (AvgIpc) is 3.03. The zero-order valence-electron chi connectivity index (χ0n) is 24.3. The fraction of sp³-hybridized carbons (Fsp3) is 0.273. The lowest BCUT2D eigenvalue weighted by molar-refractivity contribution is -0.139. The summed E-state index contributed by atoms with van der Waals surface area (Å²) in [7, 11) is 0. The Hall–Kier alpha value is -4.61. The standard InChI is InChI=1S/C33H35N3O7S/c1-2-3-4-5-6-19-42-28-15-11-24(12-16-28)27-21-34-31(35-22-27)25-9-7-23(8-10-25)20-30(33(38)39)36-32(37)26-13-17-29(18-14-26)43-44(40)41/h7-18,21-22,30H,2-6,19-20H2,1H3,(H,36,37)(H,38,39)(H,40,41)/p-1/t30-/m0/s1. The molecule has 2 N–H and O–H groups in total. The number of ether oxygens (including phenoxy) is 1. The second-order valence-electron chi connectivity index (χ2n) is 10.2. The SMILES string of the molecule is CCCCCCCOc1ccc(-c2cnc(-c3ccc(C[C@H](NC(=O)c4ccc(OS(=O)[O-])cc4)C(=O)O)cc3)nc2)cc1. The predicted octanol–water partition coefficient (Wildman–Crippen LogP) is 5.76. The number of aromatic nitrogens is 2. The third-order valence-electron chi connectivity index (χ3n) is 6.89. The van der Waals surface area contributed by atoms with Gasteiger partial charge in [0.1, 0.15) is 28.9 Å². The van der Waals surface area contributed by atoms with Gasteiger partial charge < -0.3 is 23.9 Å². The van der Waals surface area contributed by atoms with Gasteiger partial charge in [0, 0.05) is 35.5 Å². The van der Waals surface area contributed by atoms with Crippen molar-refractivity contribution in [1.29, 1.82) is 0 Å². The molecule has 1 unspecified atom stereocenters. The first-order chi connectivity index (χ1) is 21.3. The van der Waals surface area contributed by atoms with E-state index in [1.807, 2.05) is 24.3 Å². The van der Waals surface area contributed by atoms with Gasteiger partial charge in [-0.25, -0.2) is 19.0 Å². The minimum Gasteiger partial charge on any atom is -0.740 e. The smallest absolute Gasteiger partial charge is 0.326 e. The van der Waals surface area contributed by atoms with Crippen molar-refractivity contribution in [2.45, 2.75) is 51.5 Å². The maximum absolute atomic E-state index is 12.6. The van der Waals surface area contributed by atoms with Crippen molar-refractivity contribution in [2.24, 2.45) is 0 Å². The second kappa shape index (κ2) is 16.3. The van der Waals surface area contributed by atoms with E-state index in [0.29, 0.717) is 18.0 Å². The molecule has 0 aliphatic rings. The van der Waals surface area contributed by atoms with E-state index < -0.39 is 29.3 Å². The lowest BCUT2D eigenvalue weighted by Crippen LogP contribution is -2.42. The highest BCUT2D eigenvalue weighted by Gasteiger charge is 2.21.